The topological polar surface area (TPSA) is 66.2 Å². The van der Waals surface area contributed by atoms with Crippen LogP contribution in [-0.2, 0) is 0 Å². The Bertz CT molecular complexity index is 304. The lowest BCUT2D eigenvalue weighted by Gasteiger charge is -1.99. The molecule has 0 aliphatic carbocycles. The molecule has 0 aliphatic rings. The van der Waals surface area contributed by atoms with Gasteiger partial charge in [0.05, 0.1) is 0 Å². The molecule has 0 aromatic carbocycles. The summed E-state index contributed by atoms with van der Waals surface area (Å²) in [5.41, 5.74) is -0.528. The van der Waals surface area contributed by atoms with Gasteiger partial charge in [-0.05, 0) is 6.85 Å². The Morgan fingerprint density at radius 3 is 3.00 bits per heavy atom. The van der Waals surface area contributed by atoms with Crippen molar-refractivity contribution in [2.45, 2.75) is 6.85 Å². The number of aryl methyl sites for hydroxylation is 1. The molecule has 2 N–H and O–H groups in total. The molecule has 0 saturated carbocycles. The lowest BCUT2D eigenvalue weighted by atomic mass is 9.80. The second-order valence-electron chi connectivity index (χ2n) is 1.70. The van der Waals surface area contributed by atoms with Gasteiger partial charge in [-0.2, -0.15) is 0 Å². The van der Waals surface area contributed by atoms with E-state index in [1.807, 2.05) is 0 Å². The summed E-state index contributed by atoms with van der Waals surface area (Å²) in [7, 11) is -1.86. The summed E-state index contributed by atoms with van der Waals surface area (Å²) in [5.74, 6) is 0. The van der Waals surface area contributed by atoms with E-state index >= 15 is 0 Å². The molecule has 4 nitrogen and oxygen atoms in total. The molecule has 5 heteroatoms. The monoisotopic (exact) mass is 141 g/mol. The van der Waals surface area contributed by atoms with Gasteiger partial charge in [0.25, 0.3) is 0 Å². The molecule has 10 heavy (non-hydrogen) atoms. The third-order valence-electron chi connectivity index (χ3n) is 1.02. The minimum atomic E-state index is -2.46. The molecule has 0 bridgehead atoms. The molecule has 1 rings (SSSR count). The van der Waals surface area contributed by atoms with Crippen LogP contribution in [0.1, 0.15) is 9.81 Å². The van der Waals surface area contributed by atoms with Crippen molar-refractivity contribution in [2.24, 2.45) is 0 Å². The fourth-order valence-electron chi connectivity index (χ4n) is 0.529. The molecule has 1 aromatic rings. The van der Waals surface area contributed by atoms with Crippen molar-refractivity contribution in [3.63, 3.8) is 0 Å². The maximum atomic E-state index is 8.79. The Morgan fingerprint density at radius 1 is 1.70 bits per heavy atom. The highest BCUT2D eigenvalue weighted by atomic mass is 16.4. The molecule has 0 amide bonds. The Balaban J connectivity index is 3.20. The van der Waals surface area contributed by atoms with E-state index in [1.54, 1.807) is 0 Å². The first-order valence-corrected chi connectivity index (χ1v) is 2.59. The fraction of sp³-hybridized carbons (Fsp3) is 0.200. The first-order chi connectivity index (χ1) is 5.93. The first-order valence-electron chi connectivity index (χ1n) is 4.09. The van der Waals surface area contributed by atoms with Crippen LogP contribution in [0.3, 0.4) is 0 Å². The lowest BCUT2D eigenvalue weighted by Crippen LogP contribution is -2.33. The Hall–Kier alpha value is -0.935. The van der Waals surface area contributed by atoms with Gasteiger partial charge in [0, 0.05) is 21.5 Å². The van der Waals surface area contributed by atoms with Crippen LogP contribution in [0.2, 0.25) is 0 Å². The van der Waals surface area contributed by atoms with Crippen LogP contribution in [0.25, 0.3) is 0 Å². The predicted molar refractivity (Wildman–Crippen MR) is 36.6 cm³/mol. The van der Waals surface area contributed by atoms with Crippen molar-refractivity contribution in [3.05, 3.63) is 18.2 Å². The molecule has 0 spiro atoms. The smallest absolute Gasteiger partial charge is 0.423 e. The second kappa shape index (κ2) is 2.77. The number of hydrogen-bond acceptors (Lipinski definition) is 4. The molecule has 1 aromatic heterocycles. The highest BCUT2D eigenvalue weighted by Gasteiger charge is 2.13. The zero-order chi connectivity index (χ0) is 10.1. The highest BCUT2D eigenvalue weighted by molar-refractivity contribution is 6.58. The number of aromatic nitrogens is 2. The van der Waals surface area contributed by atoms with Gasteiger partial charge in [0.1, 0.15) is 6.33 Å². The van der Waals surface area contributed by atoms with Gasteiger partial charge in [-0.3, -0.25) is 0 Å². The van der Waals surface area contributed by atoms with Crippen LogP contribution >= 0.6 is 0 Å². The largest absolute Gasteiger partial charge is 0.491 e. The zero-order valence-corrected chi connectivity index (χ0v) is 5.02. The predicted octanol–water partition coefficient (Wildman–Crippen LogP) is -1.54. The maximum Gasteiger partial charge on any atom is 0.491 e. The highest BCUT2D eigenvalue weighted by Crippen LogP contribution is 1.84. The molecule has 0 unspecified atom stereocenters. The summed E-state index contributed by atoms with van der Waals surface area (Å²) in [4.78, 5) is 6.98. The van der Waals surface area contributed by atoms with E-state index < -0.39 is 14.0 Å². The fourth-order valence-corrected chi connectivity index (χ4v) is 0.529. The van der Waals surface area contributed by atoms with Gasteiger partial charge in [0.15, 0.2) is 0 Å². The van der Waals surface area contributed by atoms with Gasteiger partial charge in [-0.15, -0.1) is 0 Å². The van der Waals surface area contributed by atoms with Gasteiger partial charge < -0.3 is 10.0 Å². The summed E-state index contributed by atoms with van der Waals surface area (Å²) in [6, 6.07) is 0. The van der Waals surface area contributed by atoms with Crippen LogP contribution < -0.4 is 5.46 Å². The summed E-state index contributed by atoms with van der Waals surface area (Å²) in [6.45, 7) is -2.46. The Kier molecular flexibility index (Phi) is 1.12. The lowest BCUT2D eigenvalue weighted by molar-refractivity contribution is 0.425. The molecule has 0 radical (unpaired) electrons. The van der Waals surface area contributed by atoms with E-state index in [9.17, 15) is 0 Å². The summed E-state index contributed by atoms with van der Waals surface area (Å²) in [5, 5.41) is 17.6. The van der Waals surface area contributed by atoms with Crippen molar-refractivity contribution in [3.8, 4) is 0 Å². The van der Waals surface area contributed by atoms with Crippen LogP contribution in [0.4, 0.5) is 0 Å². The third-order valence-corrected chi connectivity index (χ3v) is 1.02. The first kappa shape index (κ1) is 4.05. The van der Waals surface area contributed by atoms with Crippen LogP contribution in [-0.4, -0.2) is 27.1 Å². The van der Waals surface area contributed by atoms with E-state index in [0.29, 0.717) is 0 Å². The quantitative estimate of drug-likeness (QED) is 0.465. The van der Waals surface area contributed by atoms with Crippen LogP contribution in [0.5, 0.6) is 0 Å². The average Bonchev–Trinajstić information content (AvgIpc) is 2.03. The van der Waals surface area contributed by atoms with Crippen molar-refractivity contribution in [1.29, 1.82) is 0 Å². The third kappa shape index (κ3) is 1.31. The molecular weight excluding hydrogens is 131 g/mol. The molecule has 1 heterocycles. The maximum absolute atomic E-state index is 8.79. The van der Waals surface area contributed by atoms with Crippen LogP contribution in [0, 0.1) is 6.85 Å². The van der Waals surface area contributed by atoms with Crippen LogP contribution in [0.15, 0.2) is 12.5 Å². The van der Waals surface area contributed by atoms with Gasteiger partial charge >= 0.3 is 7.12 Å². The molecule has 0 aliphatic heterocycles. The minimum Gasteiger partial charge on any atom is -0.423 e. The normalized spacial score (nSPS) is 15.2. The SMILES string of the molecule is [2H]C([2H])([2H])c1ncncc1B(O)O. The Labute approximate surface area is 62.9 Å². The van der Waals surface area contributed by atoms with Crippen molar-refractivity contribution in [2.75, 3.05) is 0 Å². The summed E-state index contributed by atoms with van der Waals surface area (Å²) in [6.07, 6.45) is 2.12. The molecule has 0 saturated heterocycles. The van der Waals surface area contributed by atoms with Crippen molar-refractivity contribution >= 4 is 12.6 Å². The zero-order valence-electron chi connectivity index (χ0n) is 8.02. The summed E-state index contributed by atoms with van der Waals surface area (Å²) < 4.78 is 21.1. The van der Waals surface area contributed by atoms with Gasteiger partial charge in [0.2, 0.25) is 0 Å². The van der Waals surface area contributed by atoms with Gasteiger partial charge in [-0.1, -0.05) is 0 Å². The minimum absolute atomic E-state index is 0.192. The van der Waals surface area contributed by atoms with E-state index in [4.69, 9.17) is 14.2 Å². The van der Waals surface area contributed by atoms with Gasteiger partial charge in [-0.25, -0.2) is 9.97 Å². The van der Waals surface area contributed by atoms with E-state index in [2.05, 4.69) is 9.97 Å². The molecule has 0 atom stereocenters. The van der Waals surface area contributed by atoms with E-state index in [-0.39, 0.29) is 11.2 Å². The molecule has 0 fully saturated rings. The molecular formula is C5H7BN2O2. The van der Waals surface area contributed by atoms with E-state index in [0.717, 1.165) is 12.5 Å². The van der Waals surface area contributed by atoms with E-state index in [1.165, 1.54) is 0 Å². The standard InChI is InChI=1S/C5H7BN2O2/c1-4-5(6(9)10)2-7-3-8-4/h2-3,9-10H,1H3/i1D3. The molecule has 52 valence electrons. The number of nitrogens with zero attached hydrogens (tertiary/aromatic N) is 2. The average molecular weight is 141 g/mol. The number of hydrogen-bond donors (Lipinski definition) is 2. The summed E-state index contributed by atoms with van der Waals surface area (Å²) >= 11 is 0. The van der Waals surface area contributed by atoms with Crippen molar-refractivity contribution in [1.82, 2.24) is 9.97 Å². The second-order valence-corrected chi connectivity index (χ2v) is 1.70. The Morgan fingerprint density at radius 2 is 2.50 bits per heavy atom. The number of rotatable bonds is 1. The van der Waals surface area contributed by atoms with Crippen molar-refractivity contribution < 1.29 is 14.2 Å².